The minimum absolute atomic E-state index is 0.0544. The van der Waals surface area contributed by atoms with Crippen LogP contribution in [0.5, 0.6) is 5.75 Å². The van der Waals surface area contributed by atoms with E-state index in [2.05, 4.69) is 73.9 Å². The molecule has 2 fully saturated rings. The second-order valence-electron chi connectivity index (χ2n) is 10.7. The Balaban J connectivity index is 0.000000203. The third-order valence-electron chi connectivity index (χ3n) is 6.34. The van der Waals surface area contributed by atoms with Crippen LogP contribution < -0.4 is 10.1 Å². The lowest BCUT2D eigenvalue weighted by Crippen LogP contribution is -2.41. The molecule has 2 aromatic rings. The highest BCUT2D eigenvalue weighted by atomic mass is 16.7. The molecule has 33 heavy (non-hydrogen) atoms. The maximum atomic E-state index is 5.95. The number of hydrogen-bond donors (Lipinski definition) is 2. The Labute approximate surface area is 197 Å². The number of nitrogens with one attached hydrogen (secondary N) is 2. The normalized spacial score (nSPS) is 19.2. The van der Waals surface area contributed by atoms with Crippen LogP contribution in [0.3, 0.4) is 0 Å². The van der Waals surface area contributed by atoms with Crippen molar-refractivity contribution < 1.29 is 14.0 Å². The quantitative estimate of drug-likeness (QED) is 0.604. The zero-order valence-corrected chi connectivity index (χ0v) is 21.2. The summed E-state index contributed by atoms with van der Waals surface area (Å²) in [7, 11) is 1.68. The number of ether oxygens (including phenoxy) is 1. The largest absolute Gasteiger partial charge is 0.494 e. The van der Waals surface area contributed by atoms with Crippen molar-refractivity contribution in [1.29, 1.82) is 0 Å². The second-order valence-corrected chi connectivity index (χ2v) is 10.7. The van der Waals surface area contributed by atoms with E-state index in [1.165, 1.54) is 31.9 Å². The Kier molecular flexibility index (Phi) is 7.53. The van der Waals surface area contributed by atoms with Gasteiger partial charge in [-0.05, 0) is 66.4 Å². The van der Waals surface area contributed by atoms with Crippen molar-refractivity contribution in [2.24, 2.45) is 0 Å². The fraction of sp³-hybridized carbons (Fsp3) is 0.625. The molecule has 1 saturated heterocycles. The number of methoxy groups -OCH3 is 1. The Bertz CT molecular complexity index is 981. The Morgan fingerprint density at radius 1 is 1.09 bits per heavy atom. The van der Waals surface area contributed by atoms with E-state index in [9.17, 15) is 0 Å². The molecular formula is C24H38BN5O3. The van der Waals surface area contributed by atoms with E-state index in [-0.39, 0.29) is 23.9 Å². The van der Waals surface area contributed by atoms with Gasteiger partial charge in [-0.25, -0.2) is 9.97 Å². The first-order valence-corrected chi connectivity index (χ1v) is 11.6. The van der Waals surface area contributed by atoms with Crippen LogP contribution in [-0.2, 0) is 9.31 Å². The van der Waals surface area contributed by atoms with E-state index in [1.54, 1.807) is 7.11 Å². The second kappa shape index (κ2) is 9.85. The molecule has 0 radical (unpaired) electrons. The average molecular weight is 455 g/mol. The minimum Gasteiger partial charge on any atom is -0.494 e. The van der Waals surface area contributed by atoms with Crippen LogP contribution in [0.4, 0.5) is 5.82 Å². The summed E-state index contributed by atoms with van der Waals surface area (Å²) < 4.78 is 17.3. The van der Waals surface area contributed by atoms with Gasteiger partial charge >= 0.3 is 7.12 Å². The lowest BCUT2D eigenvalue weighted by Gasteiger charge is -2.32. The van der Waals surface area contributed by atoms with Crippen molar-refractivity contribution in [3.05, 3.63) is 30.9 Å². The van der Waals surface area contributed by atoms with Crippen LogP contribution in [-0.4, -0.2) is 51.1 Å². The monoisotopic (exact) mass is 455 g/mol. The highest BCUT2D eigenvalue weighted by molar-refractivity contribution is 6.47. The molecule has 180 valence electrons. The van der Waals surface area contributed by atoms with E-state index in [0.29, 0.717) is 22.9 Å². The van der Waals surface area contributed by atoms with Gasteiger partial charge in [-0.1, -0.05) is 25.3 Å². The molecule has 0 bridgehead atoms. The average Bonchev–Trinajstić information content (AvgIpc) is 2.93. The molecule has 0 unspecified atom stereocenters. The lowest BCUT2D eigenvalue weighted by molar-refractivity contribution is 0.00578. The molecule has 1 saturated carbocycles. The molecule has 2 aliphatic rings. The first-order chi connectivity index (χ1) is 15.4. The fourth-order valence-corrected chi connectivity index (χ4v) is 3.58. The molecule has 9 heteroatoms. The van der Waals surface area contributed by atoms with Crippen molar-refractivity contribution in [2.75, 3.05) is 12.4 Å². The maximum Gasteiger partial charge on any atom is 0.461 e. The molecule has 0 atom stereocenters. The first kappa shape index (κ1) is 25.2. The number of hydrogen-bond acceptors (Lipinski definition) is 7. The van der Waals surface area contributed by atoms with Crippen LogP contribution in [0.2, 0.25) is 5.82 Å². The highest BCUT2D eigenvalue weighted by Gasteiger charge is 2.54. The van der Waals surface area contributed by atoms with E-state index < -0.39 is 0 Å². The minimum atomic E-state index is -0.146. The van der Waals surface area contributed by atoms with Gasteiger partial charge in [0, 0.05) is 10.9 Å². The third kappa shape index (κ3) is 6.15. The molecule has 8 nitrogen and oxygen atoms in total. The number of H-pyrrole nitrogens is 1. The van der Waals surface area contributed by atoms with Crippen molar-refractivity contribution in [1.82, 2.24) is 20.2 Å². The van der Waals surface area contributed by atoms with Gasteiger partial charge < -0.3 is 19.4 Å². The van der Waals surface area contributed by atoms with E-state index in [4.69, 9.17) is 14.0 Å². The van der Waals surface area contributed by atoms with E-state index >= 15 is 0 Å². The van der Waals surface area contributed by atoms with Crippen LogP contribution in [0.1, 0.15) is 67.7 Å². The summed E-state index contributed by atoms with van der Waals surface area (Å²) in [5.74, 6) is 2.04. The lowest BCUT2D eigenvalue weighted by atomic mass is 9.60. The number of fused-ring (bicyclic) bond motifs is 1. The Morgan fingerprint density at radius 2 is 1.76 bits per heavy atom. The summed E-state index contributed by atoms with van der Waals surface area (Å²) in [6.45, 7) is 14.7. The summed E-state index contributed by atoms with van der Waals surface area (Å²) in [5, 5.41) is 10.8. The predicted molar refractivity (Wildman–Crippen MR) is 133 cm³/mol. The zero-order chi connectivity index (χ0) is 24.3. The highest BCUT2D eigenvalue weighted by Crippen LogP contribution is 2.45. The maximum absolute atomic E-state index is 5.95. The first-order valence-electron chi connectivity index (χ1n) is 11.6. The third-order valence-corrected chi connectivity index (χ3v) is 6.34. The van der Waals surface area contributed by atoms with Gasteiger partial charge in [0.15, 0.2) is 0 Å². The summed E-state index contributed by atoms with van der Waals surface area (Å²) >= 11 is 0. The van der Waals surface area contributed by atoms with Gasteiger partial charge in [0.2, 0.25) is 0 Å². The molecule has 2 heterocycles. The number of aromatic nitrogens is 4. The summed E-state index contributed by atoms with van der Waals surface area (Å²) in [4.78, 5) is 8.72. The number of aromatic amines is 1. The molecule has 4 rings (SSSR count). The van der Waals surface area contributed by atoms with Crippen LogP contribution in [0.25, 0.3) is 10.9 Å². The van der Waals surface area contributed by atoms with Gasteiger partial charge in [-0.3, -0.25) is 5.10 Å². The number of rotatable bonds is 3. The molecule has 1 aromatic heterocycles. The number of anilines is 1. The Hall–Kier alpha value is -2.39. The molecule has 2 N–H and O–H groups in total. The summed E-state index contributed by atoms with van der Waals surface area (Å²) in [6.07, 6.45) is 6.85. The van der Waals surface area contributed by atoms with Gasteiger partial charge in [0.1, 0.15) is 29.7 Å². The molecule has 1 aromatic carbocycles. The molecule has 0 amide bonds. The van der Waals surface area contributed by atoms with Gasteiger partial charge in [-0.2, -0.15) is 5.10 Å². The topological polar surface area (TPSA) is 94.2 Å². The fourth-order valence-electron chi connectivity index (χ4n) is 3.58. The van der Waals surface area contributed by atoms with Crippen molar-refractivity contribution in [3.8, 4) is 5.75 Å². The van der Waals surface area contributed by atoms with Crippen LogP contribution >= 0.6 is 0 Å². The molecular weight excluding hydrogens is 417 g/mol. The van der Waals surface area contributed by atoms with Gasteiger partial charge in [-0.15, -0.1) is 0 Å². The van der Waals surface area contributed by atoms with Crippen LogP contribution in [0.15, 0.2) is 30.9 Å². The van der Waals surface area contributed by atoms with Crippen molar-refractivity contribution >= 4 is 23.8 Å². The van der Waals surface area contributed by atoms with Gasteiger partial charge in [0.05, 0.1) is 18.3 Å². The SMILES string of the molecule is CC1(C)OB(C2CCC2)OC1(C)C.COc1cccc2c(NC(C)(C)C)ncn[nH]cnc12. The number of benzene rings is 1. The Morgan fingerprint density at radius 3 is 2.30 bits per heavy atom. The molecule has 0 spiro atoms. The van der Waals surface area contributed by atoms with Crippen LogP contribution in [0, 0.1) is 0 Å². The number of para-hydroxylation sites is 1. The predicted octanol–water partition coefficient (Wildman–Crippen LogP) is 5.33. The van der Waals surface area contributed by atoms with Crippen molar-refractivity contribution in [3.63, 3.8) is 0 Å². The number of nitrogens with zero attached hydrogens (tertiary/aromatic N) is 3. The van der Waals surface area contributed by atoms with E-state index in [0.717, 1.165) is 5.39 Å². The zero-order valence-electron chi connectivity index (χ0n) is 21.2. The van der Waals surface area contributed by atoms with Crippen molar-refractivity contribution in [2.45, 2.75) is 90.3 Å². The molecule has 1 aliphatic heterocycles. The molecule has 1 aliphatic carbocycles. The van der Waals surface area contributed by atoms with Gasteiger partial charge in [0.25, 0.3) is 0 Å². The summed E-state index contributed by atoms with van der Waals surface area (Å²) in [5.41, 5.74) is 0.294. The summed E-state index contributed by atoms with van der Waals surface area (Å²) in [6, 6.07) is 5.73. The smallest absolute Gasteiger partial charge is 0.461 e. The standard InChI is InChI=1S/C14H19N5O.C10H19BO2/c1-14(2,3)19-13-10-6-5-7-11(20-4)12(10)15-8-17-18-9-16-13;1-9(2)10(3,4)13-11(12-9)8-6-5-7-8/h5-9H,1-4H3,(H,15,17)(H,16,18,19);8H,5-7H2,1-4H3. The van der Waals surface area contributed by atoms with E-state index in [1.807, 2.05) is 18.2 Å².